The quantitative estimate of drug-likeness (QED) is 0.837. The van der Waals surface area contributed by atoms with Gasteiger partial charge >= 0.3 is 0 Å². The summed E-state index contributed by atoms with van der Waals surface area (Å²) >= 11 is 0. The summed E-state index contributed by atoms with van der Waals surface area (Å²) in [6.45, 7) is 3.45. The number of fused-ring (bicyclic) bond motifs is 1. The van der Waals surface area contributed by atoms with Crippen LogP contribution in [0.4, 0.5) is 0 Å². The summed E-state index contributed by atoms with van der Waals surface area (Å²) in [7, 11) is 0. The summed E-state index contributed by atoms with van der Waals surface area (Å²) in [5, 5.41) is 9.79. The van der Waals surface area contributed by atoms with Gasteiger partial charge in [0.25, 0.3) is 0 Å². The predicted octanol–water partition coefficient (Wildman–Crippen LogP) is 2.18. The van der Waals surface area contributed by atoms with Crippen molar-refractivity contribution in [1.29, 1.82) is 0 Å². The van der Waals surface area contributed by atoms with Crippen LogP contribution in [0.3, 0.4) is 0 Å². The molecule has 1 N–H and O–H groups in total. The molecule has 0 spiro atoms. The van der Waals surface area contributed by atoms with Gasteiger partial charge in [-0.15, -0.1) is 0 Å². The number of hydrogen-bond acceptors (Lipinski definition) is 3. The molecule has 2 unspecified atom stereocenters. The lowest BCUT2D eigenvalue weighted by atomic mass is 9.83. The van der Waals surface area contributed by atoms with Crippen LogP contribution in [-0.4, -0.2) is 48.5 Å². The van der Waals surface area contributed by atoms with Gasteiger partial charge in [0.05, 0.1) is 12.7 Å². The molecule has 104 valence electrons. The number of nitrogens with zero attached hydrogens (tertiary/aromatic N) is 1. The van der Waals surface area contributed by atoms with Crippen LogP contribution in [0, 0.1) is 5.41 Å². The van der Waals surface area contributed by atoms with Crippen LogP contribution in [0.1, 0.15) is 51.4 Å². The van der Waals surface area contributed by atoms with Crippen molar-refractivity contribution < 1.29 is 9.84 Å². The third-order valence-corrected chi connectivity index (χ3v) is 5.39. The lowest BCUT2D eigenvalue weighted by Gasteiger charge is -2.46. The molecule has 0 aromatic heterocycles. The second kappa shape index (κ2) is 5.48. The van der Waals surface area contributed by atoms with E-state index < -0.39 is 0 Å². The molecule has 3 rings (SSSR count). The topological polar surface area (TPSA) is 32.7 Å². The van der Waals surface area contributed by atoms with Gasteiger partial charge in [-0.05, 0) is 25.7 Å². The normalized spacial score (nSPS) is 36.5. The number of hydrogen-bond donors (Lipinski definition) is 1. The van der Waals surface area contributed by atoms with Crippen molar-refractivity contribution in [1.82, 2.24) is 4.90 Å². The van der Waals surface area contributed by atoms with Crippen LogP contribution < -0.4 is 0 Å². The lowest BCUT2D eigenvalue weighted by Crippen LogP contribution is -2.55. The fourth-order valence-corrected chi connectivity index (χ4v) is 4.29. The summed E-state index contributed by atoms with van der Waals surface area (Å²) in [6, 6.07) is 0.636. The van der Waals surface area contributed by atoms with Crippen LogP contribution >= 0.6 is 0 Å². The van der Waals surface area contributed by atoms with E-state index in [1.807, 2.05) is 0 Å². The number of morpholine rings is 1. The molecule has 3 fully saturated rings. The summed E-state index contributed by atoms with van der Waals surface area (Å²) in [6.07, 6.45) is 10.8. The van der Waals surface area contributed by atoms with E-state index in [0.29, 0.717) is 18.8 Å². The van der Waals surface area contributed by atoms with E-state index in [4.69, 9.17) is 4.74 Å². The molecule has 2 aliphatic carbocycles. The average Bonchev–Trinajstić information content (AvgIpc) is 2.88. The smallest absolute Gasteiger partial charge is 0.0730 e. The van der Waals surface area contributed by atoms with Gasteiger partial charge in [-0.2, -0.15) is 0 Å². The third-order valence-electron chi connectivity index (χ3n) is 5.39. The molecule has 0 amide bonds. The number of aliphatic hydroxyl groups excluding tert-OH is 1. The zero-order valence-electron chi connectivity index (χ0n) is 11.4. The van der Waals surface area contributed by atoms with E-state index in [1.165, 1.54) is 51.4 Å². The molecule has 1 aliphatic heterocycles. The van der Waals surface area contributed by atoms with E-state index in [9.17, 15) is 5.11 Å². The first-order chi connectivity index (χ1) is 8.83. The van der Waals surface area contributed by atoms with Gasteiger partial charge in [-0.3, -0.25) is 4.90 Å². The SMILES string of the molecule is OCC1(CN2CCOC3CCCCC32)CCCC1. The fourth-order valence-electron chi connectivity index (χ4n) is 4.29. The minimum absolute atomic E-state index is 0.208. The predicted molar refractivity (Wildman–Crippen MR) is 71.6 cm³/mol. The fraction of sp³-hybridized carbons (Fsp3) is 1.00. The molecule has 2 saturated carbocycles. The van der Waals surface area contributed by atoms with Gasteiger partial charge in [-0.25, -0.2) is 0 Å². The molecule has 1 saturated heterocycles. The standard InChI is InChI=1S/C15H27NO2/c17-12-15(7-3-4-8-15)11-16-9-10-18-14-6-2-1-5-13(14)16/h13-14,17H,1-12H2. The van der Waals surface area contributed by atoms with Crippen molar-refractivity contribution in [2.24, 2.45) is 5.41 Å². The van der Waals surface area contributed by atoms with Crippen molar-refractivity contribution in [3.05, 3.63) is 0 Å². The van der Waals surface area contributed by atoms with Gasteiger partial charge < -0.3 is 9.84 Å². The molecule has 3 aliphatic rings. The van der Waals surface area contributed by atoms with E-state index >= 15 is 0 Å². The van der Waals surface area contributed by atoms with Gasteiger partial charge in [0.1, 0.15) is 0 Å². The van der Waals surface area contributed by atoms with Crippen molar-refractivity contribution in [2.75, 3.05) is 26.3 Å². The molecule has 0 aromatic carbocycles. The van der Waals surface area contributed by atoms with E-state index in [1.54, 1.807) is 0 Å². The van der Waals surface area contributed by atoms with E-state index in [-0.39, 0.29) is 5.41 Å². The molecule has 1 heterocycles. The second-order valence-corrected chi connectivity index (χ2v) is 6.60. The molecule has 0 radical (unpaired) electrons. The van der Waals surface area contributed by atoms with Crippen LogP contribution in [-0.2, 0) is 4.74 Å². The highest BCUT2D eigenvalue weighted by Gasteiger charge is 2.40. The second-order valence-electron chi connectivity index (χ2n) is 6.60. The lowest BCUT2D eigenvalue weighted by molar-refractivity contribution is -0.102. The van der Waals surface area contributed by atoms with Crippen molar-refractivity contribution >= 4 is 0 Å². The van der Waals surface area contributed by atoms with Gasteiger partial charge in [0.2, 0.25) is 0 Å². The van der Waals surface area contributed by atoms with Crippen molar-refractivity contribution in [2.45, 2.75) is 63.5 Å². The Kier molecular flexibility index (Phi) is 3.92. The van der Waals surface area contributed by atoms with Gasteiger partial charge in [0.15, 0.2) is 0 Å². The van der Waals surface area contributed by atoms with Crippen LogP contribution in [0.5, 0.6) is 0 Å². The van der Waals surface area contributed by atoms with Crippen LogP contribution in [0.25, 0.3) is 0 Å². The summed E-state index contributed by atoms with van der Waals surface area (Å²) < 4.78 is 5.94. The maximum atomic E-state index is 9.79. The highest BCUT2D eigenvalue weighted by molar-refractivity contribution is 4.93. The molecular formula is C15H27NO2. The van der Waals surface area contributed by atoms with Crippen molar-refractivity contribution in [3.8, 4) is 0 Å². The Bertz CT molecular complexity index is 274. The number of rotatable bonds is 3. The van der Waals surface area contributed by atoms with E-state index in [0.717, 1.165) is 19.7 Å². The van der Waals surface area contributed by atoms with Crippen LogP contribution in [0.15, 0.2) is 0 Å². The Morgan fingerprint density at radius 1 is 1.11 bits per heavy atom. The Labute approximate surface area is 110 Å². The van der Waals surface area contributed by atoms with Crippen molar-refractivity contribution in [3.63, 3.8) is 0 Å². The monoisotopic (exact) mass is 253 g/mol. The third kappa shape index (κ3) is 2.45. The maximum absolute atomic E-state index is 9.79. The summed E-state index contributed by atoms with van der Waals surface area (Å²) in [4.78, 5) is 2.65. The molecule has 2 atom stereocenters. The largest absolute Gasteiger partial charge is 0.396 e. The maximum Gasteiger partial charge on any atom is 0.0730 e. The first kappa shape index (κ1) is 12.9. The van der Waals surface area contributed by atoms with E-state index in [2.05, 4.69) is 4.90 Å². The Morgan fingerprint density at radius 3 is 2.67 bits per heavy atom. The van der Waals surface area contributed by atoms with Crippen LogP contribution in [0.2, 0.25) is 0 Å². The molecular weight excluding hydrogens is 226 g/mol. The minimum Gasteiger partial charge on any atom is -0.396 e. The molecule has 0 bridgehead atoms. The first-order valence-corrected chi connectivity index (χ1v) is 7.80. The Hall–Kier alpha value is -0.120. The summed E-state index contributed by atoms with van der Waals surface area (Å²) in [5.74, 6) is 0. The molecule has 0 aromatic rings. The molecule has 3 nitrogen and oxygen atoms in total. The highest BCUT2D eigenvalue weighted by Crippen LogP contribution is 2.40. The zero-order valence-corrected chi connectivity index (χ0v) is 11.4. The minimum atomic E-state index is 0.208. The number of aliphatic hydroxyl groups is 1. The zero-order chi connectivity index (χ0) is 12.4. The van der Waals surface area contributed by atoms with Gasteiger partial charge in [-0.1, -0.05) is 25.7 Å². The molecule has 3 heteroatoms. The molecule has 18 heavy (non-hydrogen) atoms. The number of ether oxygens (including phenoxy) is 1. The average molecular weight is 253 g/mol. The van der Waals surface area contributed by atoms with Gasteiger partial charge in [0, 0.05) is 31.2 Å². The first-order valence-electron chi connectivity index (χ1n) is 7.80. The Balaban J connectivity index is 1.66. The highest BCUT2D eigenvalue weighted by atomic mass is 16.5. The summed E-state index contributed by atoms with van der Waals surface area (Å²) in [5.41, 5.74) is 0.208. The Morgan fingerprint density at radius 2 is 1.89 bits per heavy atom.